The minimum absolute atomic E-state index is 0.0819. The number of hydrogen-bond donors (Lipinski definition) is 0. The van der Waals surface area contributed by atoms with Gasteiger partial charge in [-0.1, -0.05) is 55.8 Å². The van der Waals surface area contributed by atoms with Gasteiger partial charge in [-0.3, -0.25) is 0 Å². The van der Waals surface area contributed by atoms with Gasteiger partial charge in [0, 0.05) is 6.42 Å². The third-order valence-corrected chi connectivity index (χ3v) is 6.79. The fraction of sp³-hybridized carbons (Fsp3) is 0.263. The van der Waals surface area contributed by atoms with Crippen LogP contribution in [-0.4, -0.2) is 0 Å². The van der Waals surface area contributed by atoms with Crippen molar-refractivity contribution >= 4 is 22.7 Å². The monoisotopic (exact) mass is 311 g/mol. The van der Waals surface area contributed by atoms with Gasteiger partial charge in [0.05, 0.1) is 9.79 Å². The summed E-state index contributed by atoms with van der Waals surface area (Å²) in [6.45, 7) is 2.24. The molecular formula is C19H19S2+. The second-order valence-electron chi connectivity index (χ2n) is 5.04. The van der Waals surface area contributed by atoms with E-state index in [4.69, 9.17) is 0 Å². The summed E-state index contributed by atoms with van der Waals surface area (Å²) in [5, 5.41) is 3.56. The molecule has 0 radical (unpaired) electrons. The number of hydrogen-bond acceptors (Lipinski definition) is 1. The molecule has 3 rings (SSSR count). The van der Waals surface area contributed by atoms with Crippen molar-refractivity contribution in [2.75, 3.05) is 0 Å². The van der Waals surface area contributed by atoms with Crippen molar-refractivity contribution in [3.63, 3.8) is 0 Å². The molecule has 1 heterocycles. The Morgan fingerprint density at radius 1 is 0.905 bits per heavy atom. The first-order valence-corrected chi connectivity index (χ1v) is 9.53. The van der Waals surface area contributed by atoms with Crippen molar-refractivity contribution in [1.29, 1.82) is 0 Å². The summed E-state index contributed by atoms with van der Waals surface area (Å²) in [6, 6.07) is 17.4. The Morgan fingerprint density at radius 3 is 2.14 bits per heavy atom. The minimum Gasteiger partial charge on any atom is -0.0794 e. The molecule has 21 heavy (non-hydrogen) atoms. The third kappa shape index (κ3) is 3.31. The van der Waals surface area contributed by atoms with Gasteiger partial charge in [0.2, 0.25) is 0 Å². The van der Waals surface area contributed by atoms with Gasteiger partial charge in [-0.2, -0.15) is 0 Å². The average molecular weight is 311 g/mol. The molecule has 106 valence electrons. The highest BCUT2D eigenvalue weighted by Crippen LogP contribution is 2.44. The zero-order chi connectivity index (χ0) is 14.5. The van der Waals surface area contributed by atoms with E-state index in [0.717, 1.165) is 6.42 Å². The molecule has 0 nitrogen and oxygen atoms in total. The lowest BCUT2D eigenvalue weighted by Crippen LogP contribution is -2.07. The summed E-state index contributed by atoms with van der Waals surface area (Å²) in [5.74, 6) is 3.42. The highest BCUT2D eigenvalue weighted by molar-refractivity contribution is 8.06. The van der Waals surface area contributed by atoms with Gasteiger partial charge in [-0.25, -0.2) is 0 Å². The predicted molar refractivity (Wildman–Crippen MR) is 92.8 cm³/mol. The summed E-state index contributed by atoms with van der Waals surface area (Å²) in [4.78, 5) is 5.51. The van der Waals surface area contributed by atoms with E-state index >= 15 is 0 Å². The quantitative estimate of drug-likeness (QED) is 0.396. The summed E-state index contributed by atoms with van der Waals surface area (Å²) in [6.07, 6.45) is 4.79. The Hall–Kier alpha value is -1.30. The first kappa shape index (κ1) is 14.6. The van der Waals surface area contributed by atoms with Gasteiger partial charge in [0.25, 0.3) is 0 Å². The van der Waals surface area contributed by atoms with E-state index in [1.54, 1.807) is 0 Å². The van der Waals surface area contributed by atoms with Crippen LogP contribution in [0.1, 0.15) is 32.6 Å². The molecule has 0 N–H and O–H groups in total. The Bertz CT molecular complexity index is 634. The molecule has 2 aromatic rings. The lowest BCUT2D eigenvalue weighted by Gasteiger charge is -2.14. The molecule has 0 saturated carbocycles. The first-order valence-electron chi connectivity index (χ1n) is 7.49. The highest BCUT2D eigenvalue weighted by atomic mass is 32.2. The number of fused-ring (bicyclic) bond motifs is 2. The molecule has 0 fully saturated rings. The lowest BCUT2D eigenvalue weighted by atomic mass is 10.2. The average Bonchev–Trinajstić information content (AvgIpc) is 2.53. The lowest BCUT2D eigenvalue weighted by molar-refractivity contribution is 0.737. The third-order valence-electron chi connectivity index (χ3n) is 3.44. The smallest absolute Gasteiger partial charge is 0.0794 e. The molecular weight excluding hydrogens is 292 g/mol. The molecule has 1 aliphatic rings. The minimum atomic E-state index is -0.0819. The maximum atomic E-state index is 3.56. The number of rotatable bonds is 3. The molecule has 0 bridgehead atoms. The van der Waals surface area contributed by atoms with Gasteiger partial charge >= 0.3 is 0 Å². The van der Waals surface area contributed by atoms with Crippen LogP contribution in [0.25, 0.3) is 0 Å². The largest absolute Gasteiger partial charge is 0.189 e. The van der Waals surface area contributed by atoms with Crippen LogP contribution in [0.3, 0.4) is 0 Å². The van der Waals surface area contributed by atoms with Crippen LogP contribution in [0, 0.1) is 11.2 Å². The summed E-state index contributed by atoms with van der Waals surface area (Å²) < 4.78 is 0. The number of unbranched alkanes of at least 4 members (excludes halogenated alkanes) is 3. The SMILES string of the molecule is CCCCCC#C[S+]1c2ccccc2Sc2ccccc21. The molecule has 0 unspecified atom stereocenters. The van der Waals surface area contributed by atoms with Crippen molar-refractivity contribution in [3.05, 3.63) is 48.5 Å². The highest BCUT2D eigenvalue weighted by Gasteiger charge is 2.34. The Morgan fingerprint density at radius 2 is 1.52 bits per heavy atom. The fourth-order valence-electron chi connectivity index (χ4n) is 2.34. The molecule has 0 aliphatic carbocycles. The molecule has 2 heteroatoms. The van der Waals surface area contributed by atoms with Crippen molar-refractivity contribution in [3.8, 4) is 11.2 Å². The molecule has 0 atom stereocenters. The van der Waals surface area contributed by atoms with E-state index in [0.29, 0.717) is 0 Å². The number of benzene rings is 2. The molecule has 0 saturated heterocycles. The summed E-state index contributed by atoms with van der Waals surface area (Å²) >= 11 is 1.87. The Balaban J connectivity index is 1.91. The Kier molecular flexibility index (Phi) is 4.95. The fourth-order valence-corrected chi connectivity index (χ4v) is 5.63. The van der Waals surface area contributed by atoms with Gasteiger partial charge in [0.1, 0.15) is 0 Å². The van der Waals surface area contributed by atoms with E-state index in [2.05, 4.69) is 66.6 Å². The maximum absolute atomic E-state index is 3.56. The first-order chi connectivity index (χ1) is 10.4. The van der Waals surface area contributed by atoms with Gasteiger partial charge in [0.15, 0.2) is 25.9 Å². The zero-order valence-electron chi connectivity index (χ0n) is 12.3. The predicted octanol–water partition coefficient (Wildman–Crippen LogP) is 5.73. The maximum Gasteiger partial charge on any atom is 0.189 e. The van der Waals surface area contributed by atoms with E-state index in [-0.39, 0.29) is 10.9 Å². The van der Waals surface area contributed by atoms with E-state index in [1.165, 1.54) is 38.8 Å². The van der Waals surface area contributed by atoms with Crippen LogP contribution >= 0.6 is 11.8 Å². The second-order valence-corrected chi connectivity index (χ2v) is 7.82. The van der Waals surface area contributed by atoms with Gasteiger partial charge in [-0.15, -0.1) is 0 Å². The molecule has 1 aliphatic heterocycles. The van der Waals surface area contributed by atoms with Crippen LogP contribution in [0.5, 0.6) is 0 Å². The van der Waals surface area contributed by atoms with Crippen LogP contribution in [0.15, 0.2) is 68.1 Å². The van der Waals surface area contributed by atoms with Crippen molar-refractivity contribution in [2.45, 2.75) is 52.2 Å². The van der Waals surface area contributed by atoms with E-state index in [1.807, 2.05) is 11.8 Å². The van der Waals surface area contributed by atoms with E-state index in [9.17, 15) is 0 Å². The van der Waals surface area contributed by atoms with E-state index < -0.39 is 0 Å². The van der Waals surface area contributed by atoms with Crippen LogP contribution in [0.4, 0.5) is 0 Å². The van der Waals surface area contributed by atoms with Crippen LogP contribution < -0.4 is 0 Å². The van der Waals surface area contributed by atoms with Crippen molar-refractivity contribution in [1.82, 2.24) is 0 Å². The molecule has 0 amide bonds. The summed E-state index contributed by atoms with van der Waals surface area (Å²) in [7, 11) is -0.0819. The standard InChI is InChI=1S/C19H19S2/c1-2-3-4-5-10-15-21-18-13-8-6-11-16(18)20-17-12-7-9-14-19(17)21/h6-9,11-14H,2-5H2,1H3/q+1. The second kappa shape index (κ2) is 7.11. The molecule has 2 aromatic carbocycles. The molecule has 0 spiro atoms. The van der Waals surface area contributed by atoms with Crippen LogP contribution in [0.2, 0.25) is 0 Å². The zero-order valence-corrected chi connectivity index (χ0v) is 13.9. The van der Waals surface area contributed by atoms with Crippen LogP contribution in [-0.2, 0) is 10.9 Å². The summed E-state index contributed by atoms with van der Waals surface area (Å²) in [5.41, 5.74) is 0. The van der Waals surface area contributed by atoms with Crippen molar-refractivity contribution in [2.24, 2.45) is 0 Å². The Labute approximate surface area is 134 Å². The normalized spacial score (nSPS) is 13.0. The topological polar surface area (TPSA) is 0 Å². The van der Waals surface area contributed by atoms with Gasteiger partial charge < -0.3 is 0 Å². The molecule has 0 aromatic heterocycles. The van der Waals surface area contributed by atoms with Crippen molar-refractivity contribution < 1.29 is 0 Å². The van der Waals surface area contributed by atoms with Gasteiger partial charge in [-0.05, 0) is 36.6 Å².